The molecule has 0 saturated heterocycles. The van der Waals surface area contributed by atoms with Crippen molar-refractivity contribution in [2.45, 2.75) is 13.8 Å². The molecule has 0 atom stereocenters. The monoisotopic (exact) mass is 249 g/mol. The summed E-state index contributed by atoms with van der Waals surface area (Å²) in [7, 11) is 0. The maximum Gasteiger partial charge on any atom is 0.135 e. The zero-order valence-electron chi connectivity index (χ0n) is 11.0. The van der Waals surface area contributed by atoms with Crippen molar-refractivity contribution < 1.29 is 0 Å². The minimum Gasteiger partial charge on any atom is -0.325 e. The first-order valence-corrected chi connectivity index (χ1v) is 6.28. The summed E-state index contributed by atoms with van der Waals surface area (Å²) in [5.74, 6) is 1.67. The first-order valence-electron chi connectivity index (χ1n) is 6.28. The van der Waals surface area contributed by atoms with Gasteiger partial charge < -0.3 is 5.32 Å². The Morgan fingerprint density at radius 3 is 2.68 bits per heavy atom. The van der Waals surface area contributed by atoms with E-state index in [9.17, 15) is 0 Å². The minimum absolute atomic E-state index is 0.810. The van der Waals surface area contributed by atoms with E-state index in [1.165, 1.54) is 5.56 Å². The number of nitrogens with zero attached hydrogens (tertiary/aromatic N) is 2. The van der Waals surface area contributed by atoms with E-state index in [1.54, 1.807) is 6.20 Å². The molecule has 2 aromatic heterocycles. The Balaban J connectivity index is 2.06. The molecule has 94 valence electrons. The predicted octanol–water partition coefficient (Wildman–Crippen LogP) is 3.99. The SMILES string of the molecule is Cc1ccc2cc(C)c(Nc3ccccn3)nc2c1. The normalized spacial score (nSPS) is 10.6. The molecular weight excluding hydrogens is 234 g/mol. The molecule has 0 unspecified atom stereocenters. The van der Waals surface area contributed by atoms with Crippen LogP contribution in [0.15, 0.2) is 48.7 Å². The molecule has 0 aliphatic heterocycles. The van der Waals surface area contributed by atoms with Crippen LogP contribution in [0, 0.1) is 13.8 Å². The van der Waals surface area contributed by atoms with Gasteiger partial charge in [0.05, 0.1) is 5.52 Å². The van der Waals surface area contributed by atoms with Gasteiger partial charge in [-0.2, -0.15) is 0 Å². The summed E-state index contributed by atoms with van der Waals surface area (Å²) in [5, 5.41) is 4.42. The fraction of sp³-hybridized carbons (Fsp3) is 0.125. The van der Waals surface area contributed by atoms with Gasteiger partial charge in [0.2, 0.25) is 0 Å². The Labute approximate surface area is 112 Å². The van der Waals surface area contributed by atoms with E-state index >= 15 is 0 Å². The maximum absolute atomic E-state index is 4.68. The van der Waals surface area contributed by atoms with Crippen molar-refractivity contribution in [1.29, 1.82) is 0 Å². The van der Waals surface area contributed by atoms with Crippen LogP contribution in [0.25, 0.3) is 10.9 Å². The van der Waals surface area contributed by atoms with Gasteiger partial charge in [0, 0.05) is 11.6 Å². The van der Waals surface area contributed by atoms with Crippen LogP contribution >= 0.6 is 0 Å². The highest BCUT2D eigenvalue weighted by atomic mass is 15.1. The van der Waals surface area contributed by atoms with Crippen LogP contribution in [0.2, 0.25) is 0 Å². The van der Waals surface area contributed by atoms with Crippen molar-refractivity contribution in [2.75, 3.05) is 5.32 Å². The number of anilines is 2. The van der Waals surface area contributed by atoms with Crippen LogP contribution in [0.5, 0.6) is 0 Å². The topological polar surface area (TPSA) is 37.8 Å². The van der Waals surface area contributed by atoms with Crippen LogP contribution < -0.4 is 5.32 Å². The number of nitrogens with one attached hydrogen (secondary N) is 1. The van der Waals surface area contributed by atoms with E-state index in [2.05, 4.69) is 53.4 Å². The number of hydrogen-bond acceptors (Lipinski definition) is 3. The molecule has 1 N–H and O–H groups in total. The molecule has 19 heavy (non-hydrogen) atoms. The first-order chi connectivity index (χ1) is 9.22. The van der Waals surface area contributed by atoms with Crippen LogP contribution in [0.1, 0.15) is 11.1 Å². The number of aryl methyl sites for hydroxylation is 2. The van der Waals surface area contributed by atoms with Gasteiger partial charge in [0.1, 0.15) is 11.6 Å². The Bertz CT molecular complexity index is 721. The van der Waals surface area contributed by atoms with E-state index in [-0.39, 0.29) is 0 Å². The van der Waals surface area contributed by atoms with Gasteiger partial charge in [-0.05, 0) is 49.2 Å². The van der Waals surface area contributed by atoms with Crippen LogP contribution in [-0.2, 0) is 0 Å². The first kappa shape index (κ1) is 11.7. The lowest BCUT2D eigenvalue weighted by Gasteiger charge is -2.09. The molecule has 0 fully saturated rings. The number of hydrogen-bond donors (Lipinski definition) is 1. The molecule has 0 saturated carbocycles. The molecule has 0 amide bonds. The molecule has 3 rings (SSSR count). The van der Waals surface area contributed by atoms with E-state index in [0.717, 1.165) is 28.1 Å². The Morgan fingerprint density at radius 1 is 1.00 bits per heavy atom. The van der Waals surface area contributed by atoms with Gasteiger partial charge in [0.15, 0.2) is 0 Å². The lowest BCUT2D eigenvalue weighted by molar-refractivity contribution is 1.25. The van der Waals surface area contributed by atoms with E-state index in [0.29, 0.717) is 0 Å². The molecule has 3 heteroatoms. The second-order valence-electron chi connectivity index (χ2n) is 4.69. The largest absolute Gasteiger partial charge is 0.325 e. The molecule has 0 radical (unpaired) electrons. The fourth-order valence-electron chi connectivity index (χ4n) is 2.07. The van der Waals surface area contributed by atoms with Gasteiger partial charge in [-0.25, -0.2) is 9.97 Å². The number of rotatable bonds is 2. The summed E-state index contributed by atoms with van der Waals surface area (Å²) >= 11 is 0. The van der Waals surface area contributed by atoms with Crippen molar-refractivity contribution in [3.63, 3.8) is 0 Å². The van der Waals surface area contributed by atoms with Crippen LogP contribution in [0.3, 0.4) is 0 Å². The van der Waals surface area contributed by atoms with Crippen molar-refractivity contribution in [3.8, 4) is 0 Å². The van der Waals surface area contributed by atoms with Gasteiger partial charge in [-0.3, -0.25) is 0 Å². The second-order valence-corrected chi connectivity index (χ2v) is 4.69. The zero-order chi connectivity index (χ0) is 13.2. The van der Waals surface area contributed by atoms with Crippen molar-refractivity contribution in [3.05, 3.63) is 59.8 Å². The molecule has 0 aliphatic rings. The molecule has 0 bridgehead atoms. The highest BCUT2D eigenvalue weighted by Gasteiger charge is 2.04. The lowest BCUT2D eigenvalue weighted by Crippen LogP contribution is -1.98. The average molecular weight is 249 g/mol. The molecule has 1 aromatic carbocycles. The summed E-state index contributed by atoms with van der Waals surface area (Å²) in [5.41, 5.74) is 3.33. The van der Waals surface area contributed by atoms with Crippen LogP contribution in [0.4, 0.5) is 11.6 Å². The maximum atomic E-state index is 4.68. The minimum atomic E-state index is 0.810. The predicted molar refractivity (Wildman–Crippen MR) is 78.7 cm³/mol. The Morgan fingerprint density at radius 2 is 1.89 bits per heavy atom. The zero-order valence-corrected chi connectivity index (χ0v) is 11.0. The molecule has 0 spiro atoms. The van der Waals surface area contributed by atoms with Gasteiger partial charge in [0.25, 0.3) is 0 Å². The van der Waals surface area contributed by atoms with E-state index < -0.39 is 0 Å². The third-order valence-electron chi connectivity index (χ3n) is 3.08. The standard InChI is InChI=1S/C16H15N3/c1-11-6-7-13-10-12(2)16(18-14(13)9-11)19-15-5-3-4-8-17-15/h3-10H,1-2H3,(H,17,18,19). The van der Waals surface area contributed by atoms with Crippen LogP contribution in [-0.4, -0.2) is 9.97 Å². The fourth-order valence-corrected chi connectivity index (χ4v) is 2.07. The second kappa shape index (κ2) is 4.69. The van der Waals surface area contributed by atoms with Crippen molar-refractivity contribution in [1.82, 2.24) is 9.97 Å². The summed E-state index contributed by atoms with van der Waals surface area (Å²) < 4.78 is 0. The number of aromatic nitrogens is 2. The molecule has 3 aromatic rings. The summed E-state index contributed by atoms with van der Waals surface area (Å²) in [6, 6.07) is 14.2. The third-order valence-corrected chi connectivity index (χ3v) is 3.08. The summed E-state index contributed by atoms with van der Waals surface area (Å²) in [6.07, 6.45) is 1.77. The third kappa shape index (κ3) is 2.40. The quantitative estimate of drug-likeness (QED) is 0.746. The molecule has 0 aliphatic carbocycles. The van der Waals surface area contributed by atoms with Crippen molar-refractivity contribution >= 4 is 22.5 Å². The molecule has 3 nitrogen and oxygen atoms in total. The Hall–Kier alpha value is -2.42. The van der Waals surface area contributed by atoms with Crippen molar-refractivity contribution in [2.24, 2.45) is 0 Å². The number of fused-ring (bicyclic) bond motifs is 1. The Kier molecular flexibility index (Phi) is 2.88. The number of benzene rings is 1. The highest BCUT2D eigenvalue weighted by Crippen LogP contribution is 2.22. The average Bonchev–Trinajstić information content (AvgIpc) is 2.41. The van der Waals surface area contributed by atoms with Gasteiger partial charge in [-0.1, -0.05) is 18.2 Å². The molecular formula is C16H15N3. The van der Waals surface area contributed by atoms with Gasteiger partial charge >= 0.3 is 0 Å². The lowest BCUT2D eigenvalue weighted by atomic mass is 10.1. The van der Waals surface area contributed by atoms with E-state index in [4.69, 9.17) is 0 Å². The summed E-state index contributed by atoms with van der Waals surface area (Å²) in [4.78, 5) is 8.94. The smallest absolute Gasteiger partial charge is 0.135 e. The highest BCUT2D eigenvalue weighted by molar-refractivity contribution is 5.82. The van der Waals surface area contributed by atoms with Gasteiger partial charge in [-0.15, -0.1) is 0 Å². The molecule has 2 heterocycles. The van der Waals surface area contributed by atoms with E-state index in [1.807, 2.05) is 18.2 Å². The summed E-state index contributed by atoms with van der Waals surface area (Å²) in [6.45, 7) is 4.13. The number of pyridine rings is 2.